The van der Waals surface area contributed by atoms with Gasteiger partial charge in [-0.15, -0.1) is 0 Å². The fraction of sp³-hybridized carbons (Fsp3) is 0.500. The van der Waals surface area contributed by atoms with Crippen LogP contribution in [0.5, 0.6) is 0 Å². The second-order valence-electron chi connectivity index (χ2n) is 6.35. The number of hydrogen-bond donors (Lipinski definition) is 0. The van der Waals surface area contributed by atoms with Crippen LogP contribution in [0.3, 0.4) is 0 Å². The Morgan fingerprint density at radius 1 is 1.40 bits per heavy atom. The summed E-state index contributed by atoms with van der Waals surface area (Å²) in [6, 6.07) is 7.96. The Hall–Kier alpha value is -1.68. The quantitative estimate of drug-likeness (QED) is 0.804. The lowest BCUT2D eigenvalue weighted by molar-refractivity contribution is -0.111. The molecule has 2 aromatic rings. The monoisotopic (exact) mass is 272 g/mol. The van der Waals surface area contributed by atoms with Gasteiger partial charge in [0.05, 0.1) is 25.3 Å². The molecule has 0 saturated carbocycles. The molecule has 0 spiro atoms. The zero-order valence-corrected chi connectivity index (χ0v) is 12.2. The number of carbonyl (C=O) groups excluding carboxylic acids is 1. The van der Waals surface area contributed by atoms with Crippen molar-refractivity contribution in [3.05, 3.63) is 30.0 Å². The van der Waals surface area contributed by atoms with Gasteiger partial charge in [-0.1, -0.05) is 39.0 Å². The highest BCUT2D eigenvalue weighted by atomic mass is 16.5. The maximum absolute atomic E-state index is 12.3. The summed E-state index contributed by atoms with van der Waals surface area (Å²) >= 11 is 0. The van der Waals surface area contributed by atoms with Crippen LogP contribution in [-0.2, 0) is 11.3 Å². The first-order valence-electron chi connectivity index (χ1n) is 7.08. The van der Waals surface area contributed by atoms with Crippen molar-refractivity contribution in [2.75, 3.05) is 13.2 Å². The van der Waals surface area contributed by atoms with Gasteiger partial charge in [0.2, 0.25) is 0 Å². The molecule has 1 aromatic heterocycles. The number of ketones is 1. The van der Waals surface area contributed by atoms with E-state index in [9.17, 15) is 4.79 Å². The van der Waals surface area contributed by atoms with Gasteiger partial charge >= 0.3 is 0 Å². The fourth-order valence-corrected chi connectivity index (χ4v) is 2.61. The van der Waals surface area contributed by atoms with Crippen molar-refractivity contribution in [1.82, 2.24) is 9.78 Å². The third-order valence-electron chi connectivity index (χ3n) is 3.85. The smallest absolute Gasteiger partial charge is 0.186 e. The van der Waals surface area contributed by atoms with E-state index >= 15 is 0 Å². The van der Waals surface area contributed by atoms with Crippen LogP contribution in [0.1, 0.15) is 31.3 Å². The van der Waals surface area contributed by atoms with E-state index in [1.54, 1.807) is 0 Å². The number of aromatic nitrogens is 2. The minimum absolute atomic E-state index is 0.0376. The topological polar surface area (TPSA) is 44.1 Å². The highest BCUT2D eigenvalue weighted by Gasteiger charge is 2.35. The highest BCUT2D eigenvalue weighted by Crippen LogP contribution is 2.30. The number of para-hydroxylation sites is 1. The molecule has 0 amide bonds. The number of rotatable bonds is 4. The first kappa shape index (κ1) is 13.3. The Balaban J connectivity index is 2.06. The van der Waals surface area contributed by atoms with Crippen molar-refractivity contribution < 1.29 is 9.53 Å². The van der Waals surface area contributed by atoms with E-state index in [-0.39, 0.29) is 17.1 Å². The van der Waals surface area contributed by atoms with Crippen LogP contribution in [0.15, 0.2) is 24.3 Å². The number of benzene rings is 1. The van der Waals surface area contributed by atoms with Crippen LogP contribution in [0, 0.1) is 11.3 Å². The number of Topliss-reactive ketones (excluding diaryl/α,β-unsaturated/α-hetero) is 1. The van der Waals surface area contributed by atoms with Crippen molar-refractivity contribution in [3.63, 3.8) is 0 Å². The van der Waals surface area contributed by atoms with E-state index in [0.29, 0.717) is 5.69 Å². The van der Waals surface area contributed by atoms with E-state index in [1.807, 2.05) is 42.8 Å². The minimum Gasteiger partial charge on any atom is -0.380 e. The molecule has 1 aliphatic rings. The van der Waals surface area contributed by atoms with Gasteiger partial charge in [-0.2, -0.15) is 5.10 Å². The lowest BCUT2D eigenvalue weighted by Gasteiger charge is -2.37. The Bertz CT molecular complexity index is 654. The second-order valence-corrected chi connectivity index (χ2v) is 6.35. The van der Waals surface area contributed by atoms with Gasteiger partial charge in [0.15, 0.2) is 5.78 Å². The molecule has 0 N–H and O–H groups in total. The number of fused-ring (bicyclic) bond motifs is 1. The van der Waals surface area contributed by atoms with Crippen molar-refractivity contribution in [3.8, 4) is 0 Å². The van der Waals surface area contributed by atoms with Gasteiger partial charge in [-0.05, 0) is 6.07 Å². The summed E-state index contributed by atoms with van der Waals surface area (Å²) in [5, 5.41) is 5.54. The number of hydrogen-bond acceptors (Lipinski definition) is 3. The SMILES string of the molecule is CC(C)C(=O)c1nn(CC2(C)COC2)c2ccccc12. The molecular formula is C16H20N2O2. The van der Waals surface area contributed by atoms with Crippen LogP contribution in [0.2, 0.25) is 0 Å². The predicted octanol–water partition coefficient (Wildman–Crippen LogP) is 2.91. The molecule has 0 unspecified atom stereocenters. The van der Waals surface area contributed by atoms with Crippen LogP contribution >= 0.6 is 0 Å². The average molecular weight is 272 g/mol. The number of carbonyl (C=O) groups is 1. The molecule has 0 radical (unpaired) electrons. The predicted molar refractivity (Wildman–Crippen MR) is 77.8 cm³/mol. The molecule has 106 valence electrons. The third-order valence-corrected chi connectivity index (χ3v) is 3.85. The molecular weight excluding hydrogens is 252 g/mol. The van der Waals surface area contributed by atoms with Crippen LogP contribution < -0.4 is 0 Å². The summed E-state index contributed by atoms with van der Waals surface area (Å²) in [4.78, 5) is 12.3. The molecule has 1 aliphatic heterocycles. The Labute approximate surface area is 118 Å². The number of nitrogens with zero attached hydrogens (tertiary/aromatic N) is 2. The lowest BCUT2D eigenvalue weighted by Crippen LogP contribution is -2.43. The van der Waals surface area contributed by atoms with Crippen molar-refractivity contribution in [2.24, 2.45) is 11.3 Å². The lowest BCUT2D eigenvalue weighted by atomic mass is 9.89. The third kappa shape index (κ3) is 2.14. The molecule has 4 heteroatoms. The average Bonchev–Trinajstić information content (AvgIpc) is 2.75. The van der Waals surface area contributed by atoms with Gasteiger partial charge in [-0.25, -0.2) is 0 Å². The summed E-state index contributed by atoms with van der Waals surface area (Å²) in [5.74, 6) is 0.0688. The van der Waals surface area contributed by atoms with Gasteiger partial charge in [0.25, 0.3) is 0 Å². The summed E-state index contributed by atoms with van der Waals surface area (Å²) in [7, 11) is 0. The molecule has 1 aromatic carbocycles. The van der Waals surface area contributed by atoms with Crippen molar-refractivity contribution >= 4 is 16.7 Å². The van der Waals surface area contributed by atoms with E-state index < -0.39 is 0 Å². The Kier molecular flexibility index (Phi) is 3.13. The molecule has 0 atom stereocenters. The summed E-state index contributed by atoms with van der Waals surface area (Å²) in [6.07, 6.45) is 0. The zero-order chi connectivity index (χ0) is 14.3. The molecule has 20 heavy (non-hydrogen) atoms. The maximum Gasteiger partial charge on any atom is 0.186 e. The normalized spacial score (nSPS) is 17.4. The van der Waals surface area contributed by atoms with Gasteiger partial charge in [0, 0.05) is 16.7 Å². The maximum atomic E-state index is 12.3. The first-order valence-corrected chi connectivity index (χ1v) is 7.08. The largest absolute Gasteiger partial charge is 0.380 e. The number of ether oxygens (including phenoxy) is 1. The zero-order valence-electron chi connectivity index (χ0n) is 12.2. The summed E-state index contributed by atoms with van der Waals surface area (Å²) < 4.78 is 7.27. The molecule has 2 heterocycles. The van der Waals surface area contributed by atoms with Crippen LogP contribution in [0.25, 0.3) is 10.9 Å². The molecule has 3 rings (SSSR count). The van der Waals surface area contributed by atoms with E-state index in [2.05, 4.69) is 12.0 Å². The fourth-order valence-electron chi connectivity index (χ4n) is 2.61. The Morgan fingerprint density at radius 3 is 2.70 bits per heavy atom. The van der Waals surface area contributed by atoms with E-state index in [1.165, 1.54) is 0 Å². The second kappa shape index (κ2) is 4.70. The molecule has 4 nitrogen and oxygen atoms in total. The molecule has 0 aliphatic carbocycles. The summed E-state index contributed by atoms with van der Waals surface area (Å²) in [5.41, 5.74) is 1.76. The summed E-state index contributed by atoms with van der Waals surface area (Å²) in [6.45, 7) is 8.33. The van der Waals surface area contributed by atoms with Gasteiger partial charge in [-0.3, -0.25) is 9.48 Å². The first-order chi connectivity index (χ1) is 9.50. The highest BCUT2D eigenvalue weighted by molar-refractivity contribution is 6.06. The molecule has 1 saturated heterocycles. The van der Waals surface area contributed by atoms with Gasteiger partial charge in [0.1, 0.15) is 5.69 Å². The van der Waals surface area contributed by atoms with E-state index in [4.69, 9.17) is 4.74 Å². The van der Waals surface area contributed by atoms with Crippen LogP contribution in [-0.4, -0.2) is 28.8 Å². The standard InChI is InChI=1S/C16H20N2O2/c1-11(2)15(19)14-12-6-4-5-7-13(12)18(17-14)8-16(3)9-20-10-16/h4-7,11H,8-10H2,1-3H3. The molecule has 1 fully saturated rings. The van der Waals surface area contributed by atoms with E-state index in [0.717, 1.165) is 30.7 Å². The van der Waals surface area contributed by atoms with Crippen molar-refractivity contribution in [1.29, 1.82) is 0 Å². The van der Waals surface area contributed by atoms with Gasteiger partial charge < -0.3 is 4.74 Å². The Morgan fingerprint density at radius 2 is 2.10 bits per heavy atom. The van der Waals surface area contributed by atoms with Crippen molar-refractivity contribution in [2.45, 2.75) is 27.3 Å². The minimum atomic E-state index is -0.0376. The van der Waals surface area contributed by atoms with Crippen LogP contribution in [0.4, 0.5) is 0 Å². The molecule has 0 bridgehead atoms.